The highest BCUT2D eigenvalue weighted by Crippen LogP contribution is 2.33. The van der Waals surface area contributed by atoms with Gasteiger partial charge >= 0.3 is 0 Å². The molecule has 0 unspecified atom stereocenters. The highest BCUT2D eigenvalue weighted by molar-refractivity contribution is 6.36. The number of fused-ring (bicyclic) bond motifs is 1. The molecule has 5 heteroatoms. The summed E-state index contributed by atoms with van der Waals surface area (Å²) in [5, 5.41) is 10.3. The van der Waals surface area contributed by atoms with Crippen molar-refractivity contribution in [3.05, 3.63) is 33.6 Å². The molecule has 0 bridgehead atoms. The van der Waals surface area contributed by atoms with E-state index in [0.717, 1.165) is 6.07 Å². The first-order valence-electron chi connectivity index (χ1n) is 4.22. The van der Waals surface area contributed by atoms with Gasteiger partial charge in [0.25, 0.3) is 5.56 Å². The molecule has 2 aromatic rings. The van der Waals surface area contributed by atoms with E-state index in [2.05, 4.69) is 4.98 Å². The molecule has 4 nitrogen and oxygen atoms in total. The number of ether oxygens (including phenoxy) is 1. The van der Waals surface area contributed by atoms with Gasteiger partial charge in [-0.1, -0.05) is 11.6 Å². The van der Waals surface area contributed by atoms with Crippen molar-refractivity contribution in [2.24, 2.45) is 0 Å². The van der Waals surface area contributed by atoms with Crippen LogP contribution in [0.2, 0.25) is 5.02 Å². The van der Waals surface area contributed by atoms with Crippen LogP contribution in [0.4, 0.5) is 0 Å². The molecule has 1 aromatic carbocycles. The van der Waals surface area contributed by atoms with Crippen molar-refractivity contribution in [3.63, 3.8) is 0 Å². The molecule has 2 rings (SSSR count). The maximum absolute atomic E-state index is 11.1. The van der Waals surface area contributed by atoms with Gasteiger partial charge in [0, 0.05) is 11.5 Å². The number of pyridine rings is 1. The summed E-state index contributed by atoms with van der Waals surface area (Å²) < 4.78 is 5.00. The minimum Gasteiger partial charge on any atom is -0.507 e. The van der Waals surface area contributed by atoms with Gasteiger partial charge in [-0.2, -0.15) is 0 Å². The zero-order valence-corrected chi connectivity index (χ0v) is 8.63. The van der Waals surface area contributed by atoms with Gasteiger partial charge in [-0.05, 0) is 12.1 Å². The molecule has 0 saturated heterocycles. The molecule has 78 valence electrons. The smallest absolute Gasteiger partial charge is 0.252 e. The number of aromatic hydroxyl groups is 1. The highest BCUT2D eigenvalue weighted by Gasteiger charge is 2.09. The number of rotatable bonds is 1. The van der Waals surface area contributed by atoms with Crippen molar-refractivity contribution in [2.75, 3.05) is 7.11 Å². The van der Waals surface area contributed by atoms with Crippen LogP contribution in [-0.2, 0) is 0 Å². The molecule has 2 N–H and O–H groups in total. The first kappa shape index (κ1) is 9.86. The quantitative estimate of drug-likeness (QED) is 0.779. The summed E-state index contributed by atoms with van der Waals surface area (Å²) >= 11 is 5.98. The SMILES string of the molecule is COc1ccc2c(O)cc(=O)[nH]c2c1Cl. The van der Waals surface area contributed by atoms with Crippen LogP contribution in [0.15, 0.2) is 23.0 Å². The Morgan fingerprint density at radius 2 is 2.20 bits per heavy atom. The van der Waals surface area contributed by atoms with Crippen molar-refractivity contribution in [3.8, 4) is 11.5 Å². The number of H-pyrrole nitrogens is 1. The fourth-order valence-electron chi connectivity index (χ4n) is 1.41. The molecule has 0 aliphatic heterocycles. The van der Waals surface area contributed by atoms with Crippen LogP contribution in [0.25, 0.3) is 10.9 Å². The van der Waals surface area contributed by atoms with E-state index in [4.69, 9.17) is 16.3 Å². The van der Waals surface area contributed by atoms with Crippen molar-refractivity contribution < 1.29 is 9.84 Å². The number of aromatic amines is 1. The maximum Gasteiger partial charge on any atom is 0.252 e. The summed E-state index contributed by atoms with van der Waals surface area (Å²) in [5.41, 5.74) is -0.0313. The third kappa shape index (κ3) is 1.53. The number of benzene rings is 1. The summed E-state index contributed by atoms with van der Waals surface area (Å²) in [7, 11) is 1.48. The van der Waals surface area contributed by atoms with Crippen LogP contribution in [0.5, 0.6) is 11.5 Å². The van der Waals surface area contributed by atoms with Crippen LogP contribution in [0.3, 0.4) is 0 Å². The van der Waals surface area contributed by atoms with E-state index >= 15 is 0 Å². The van der Waals surface area contributed by atoms with E-state index in [1.165, 1.54) is 7.11 Å². The zero-order chi connectivity index (χ0) is 11.0. The minimum absolute atomic E-state index is 0.0988. The number of halogens is 1. The van der Waals surface area contributed by atoms with Gasteiger partial charge in [0.15, 0.2) is 0 Å². The number of hydrogen-bond donors (Lipinski definition) is 2. The molecular formula is C10H8ClNO3. The number of nitrogens with one attached hydrogen (secondary N) is 1. The Kier molecular flexibility index (Phi) is 2.28. The Labute approximate surface area is 90.1 Å². The average Bonchev–Trinajstić information content (AvgIpc) is 2.19. The zero-order valence-electron chi connectivity index (χ0n) is 7.87. The molecule has 0 amide bonds. The fraction of sp³-hybridized carbons (Fsp3) is 0.100. The van der Waals surface area contributed by atoms with Crippen LogP contribution in [0, 0.1) is 0 Å². The number of aromatic nitrogens is 1. The largest absolute Gasteiger partial charge is 0.507 e. The Morgan fingerprint density at radius 1 is 1.47 bits per heavy atom. The predicted octanol–water partition coefficient (Wildman–Crippen LogP) is 1.90. The lowest BCUT2D eigenvalue weighted by Crippen LogP contribution is -2.03. The lowest BCUT2D eigenvalue weighted by Gasteiger charge is -2.06. The second-order valence-electron chi connectivity index (χ2n) is 3.02. The Bertz CT molecular complexity index is 577. The van der Waals surface area contributed by atoms with Crippen molar-refractivity contribution >= 4 is 22.5 Å². The van der Waals surface area contributed by atoms with Gasteiger partial charge in [0.05, 0.1) is 12.6 Å². The van der Waals surface area contributed by atoms with E-state index in [0.29, 0.717) is 16.7 Å². The third-order valence-corrected chi connectivity index (χ3v) is 2.49. The van der Waals surface area contributed by atoms with Gasteiger partial charge in [-0.15, -0.1) is 0 Å². The number of methoxy groups -OCH3 is 1. The highest BCUT2D eigenvalue weighted by atomic mass is 35.5. The van der Waals surface area contributed by atoms with Crippen LogP contribution in [-0.4, -0.2) is 17.2 Å². The lowest BCUT2D eigenvalue weighted by molar-refractivity contribution is 0.415. The molecule has 0 radical (unpaired) electrons. The molecular weight excluding hydrogens is 218 g/mol. The van der Waals surface area contributed by atoms with Gasteiger partial charge in [-0.3, -0.25) is 4.79 Å². The van der Waals surface area contributed by atoms with Crippen molar-refractivity contribution in [1.29, 1.82) is 0 Å². The van der Waals surface area contributed by atoms with Crippen LogP contribution < -0.4 is 10.3 Å². The molecule has 15 heavy (non-hydrogen) atoms. The fourth-order valence-corrected chi connectivity index (χ4v) is 1.70. The minimum atomic E-state index is -0.407. The van der Waals surface area contributed by atoms with Gasteiger partial charge in [0.1, 0.15) is 16.5 Å². The van der Waals surface area contributed by atoms with Crippen LogP contribution >= 0.6 is 11.6 Å². The average molecular weight is 226 g/mol. The molecule has 0 saturated carbocycles. The predicted molar refractivity (Wildman–Crippen MR) is 57.8 cm³/mol. The van der Waals surface area contributed by atoms with Gasteiger partial charge < -0.3 is 14.8 Å². The first-order chi connectivity index (χ1) is 7.13. The van der Waals surface area contributed by atoms with Crippen molar-refractivity contribution in [2.45, 2.75) is 0 Å². The molecule has 1 heterocycles. The summed E-state index contributed by atoms with van der Waals surface area (Å²) in [5.74, 6) is 0.351. The molecule has 0 aliphatic rings. The topological polar surface area (TPSA) is 62.3 Å². The van der Waals surface area contributed by atoms with E-state index in [1.807, 2.05) is 0 Å². The second-order valence-corrected chi connectivity index (χ2v) is 3.40. The number of hydrogen-bond acceptors (Lipinski definition) is 3. The molecule has 0 spiro atoms. The Balaban J connectivity index is 2.92. The molecule has 0 atom stereocenters. The lowest BCUT2D eigenvalue weighted by atomic mass is 10.2. The summed E-state index contributed by atoms with van der Waals surface area (Å²) in [6.07, 6.45) is 0. The van der Waals surface area contributed by atoms with Gasteiger partial charge in [-0.25, -0.2) is 0 Å². The van der Waals surface area contributed by atoms with E-state index in [9.17, 15) is 9.90 Å². The second kappa shape index (κ2) is 3.47. The molecule has 0 aliphatic carbocycles. The van der Waals surface area contributed by atoms with Crippen molar-refractivity contribution in [1.82, 2.24) is 4.98 Å². The summed E-state index contributed by atoms with van der Waals surface area (Å²) in [6, 6.07) is 4.36. The monoisotopic (exact) mass is 225 g/mol. The van der Waals surface area contributed by atoms with E-state index in [1.54, 1.807) is 12.1 Å². The maximum atomic E-state index is 11.1. The van der Waals surface area contributed by atoms with Crippen LogP contribution in [0.1, 0.15) is 0 Å². The summed E-state index contributed by atoms with van der Waals surface area (Å²) in [6.45, 7) is 0. The van der Waals surface area contributed by atoms with E-state index in [-0.39, 0.29) is 10.8 Å². The third-order valence-electron chi connectivity index (χ3n) is 2.12. The standard InChI is InChI=1S/C10H8ClNO3/c1-15-7-3-2-5-6(13)4-8(14)12-10(5)9(7)11/h2-4H,1H3,(H2,12,13,14). The first-order valence-corrected chi connectivity index (χ1v) is 4.60. The summed E-state index contributed by atoms with van der Waals surface area (Å²) in [4.78, 5) is 13.7. The normalized spacial score (nSPS) is 10.5. The molecule has 1 aromatic heterocycles. The Morgan fingerprint density at radius 3 is 2.87 bits per heavy atom. The molecule has 0 fully saturated rings. The Hall–Kier alpha value is -1.68. The van der Waals surface area contributed by atoms with Gasteiger partial charge in [0.2, 0.25) is 0 Å². The van der Waals surface area contributed by atoms with E-state index < -0.39 is 5.56 Å².